The monoisotopic (exact) mass is 392 g/mol. The Hall–Kier alpha value is -3.67. The van der Waals surface area contributed by atoms with Crippen LogP contribution in [0.3, 0.4) is 0 Å². The summed E-state index contributed by atoms with van der Waals surface area (Å²) in [6, 6.07) is 22.9. The molecule has 0 aliphatic rings. The first-order valence-electron chi connectivity index (χ1n) is 9.09. The average molecular weight is 392 g/mol. The molecule has 0 radical (unpaired) electrons. The molecule has 0 spiro atoms. The molecule has 0 aliphatic carbocycles. The van der Waals surface area contributed by atoms with Crippen LogP contribution < -0.4 is 10.1 Å². The van der Waals surface area contributed by atoms with E-state index in [1.54, 1.807) is 18.2 Å². The van der Waals surface area contributed by atoms with Gasteiger partial charge in [0.05, 0.1) is 6.54 Å². The van der Waals surface area contributed by atoms with E-state index in [-0.39, 0.29) is 19.1 Å². The Balaban J connectivity index is 1.47. The van der Waals surface area contributed by atoms with Crippen LogP contribution in [0.2, 0.25) is 0 Å². The Kier molecular flexibility index (Phi) is 6.58. The quantitative estimate of drug-likeness (QED) is 0.662. The third-order valence-electron chi connectivity index (χ3n) is 4.24. The van der Waals surface area contributed by atoms with E-state index in [2.05, 4.69) is 5.32 Å². The third-order valence-corrected chi connectivity index (χ3v) is 4.24. The summed E-state index contributed by atoms with van der Waals surface area (Å²) in [4.78, 5) is 25.5. The van der Waals surface area contributed by atoms with Gasteiger partial charge in [-0.25, -0.2) is 4.39 Å². The van der Waals surface area contributed by atoms with Crippen molar-refractivity contribution in [2.75, 3.05) is 25.5 Å². The zero-order valence-corrected chi connectivity index (χ0v) is 16.0. The highest BCUT2D eigenvalue weighted by Crippen LogP contribution is 2.22. The molecule has 0 saturated heterocycles. The molecule has 0 atom stereocenters. The third kappa shape index (κ3) is 5.90. The number of amides is 2. The second-order valence-corrected chi connectivity index (χ2v) is 6.49. The lowest BCUT2D eigenvalue weighted by Gasteiger charge is -2.17. The molecule has 29 heavy (non-hydrogen) atoms. The number of hydrogen-bond acceptors (Lipinski definition) is 3. The van der Waals surface area contributed by atoms with Gasteiger partial charge in [0.2, 0.25) is 5.91 Å². The fourth-order valence-corrected chi connectivity index (χ4v) is 2.70. The number of carbonyl (C=O) groups is 2. The van der Waals surface area contributed by atoms with Crippen molar-refractivity contribution >= 4 is 17.5 Å². The molecule has 3 aromatic rings. The minimum Gasteiger partial charge on any atom is -0.484 e. The maximum absolute atomic E-state index is 13.2. The van der Waals surface area contributed by atoms with Crippen molar-refractivity contribution in [2.24, 2.45) is 0 Å². The van der Waals surface area contributed by atoms with Gasteiger partial charge in [-0.05, 0) is 41.5 Å². The van der Waals surface area contributed by atoms with E-state index >= 15 is 0 Å². The molecule has 0 fully saturated rings. The minimum absolute atomic E-state index is 0.161. The molecule has 1 N–H and O–H groups in total. The van der Waals surface area contributed by atoms with Crippen LogP contribution in [0.5, 0.6) is 5.75 Å². The predicted octanol–water partition coefficient (Wildman–Crippen LogP) is 3.97. The van der Waals surface area contributed by atoms with Crippen molar-refractivity contribution in [3.8, 4) is 16.9 Å². The number of nitrogens with zero attached hydrogens (tertiary/aromatic N) is 1. The molecule has 5 nitrogen and oxygen atoms in total. The predicted molar refractivity (Wildman–Crippen MR) is 110 cm³/mol. The molecule has 0 unspecified atom stereocenters. The van der Waals surface area contributed by atoms with Crippen LogP contribution in [0.25, 0.3) is 11.1 Å². The summed E-state index contributed by atoms with van der Waals surface area (Å²) in [6.07, 6.45) is 0. The Morgan fingerprint density at radius 3 is 2.31 bits per heavy atom. The highest BCUT2D eigenvalue weighted by atomic mass is 19.1. The van der Waals surface area contributed by atoms with Crippen LogP contribution in [0.15, 0.2) is 78.9 Å². The van der Waals surface area contributed by atoms with Crippen LogP contribution in [0.4, 0.5) is 10.1 Å². The summed E-state index contributed by atoms with van der Waals surface area (Å²) in [5.41, 5.74) is 2.49. The fourth-order valence-electron chi connectivity index (χ4n) is 2.70. The number of nitrogens with one attached hydrogen (secondary N) is 1. The molecule has 3 aromatic carbocycles. The SMILES string of the molecule is CN(CC(=O)Nc1cccc(F)c1)C(=O)COc1ccc(-c2ccccc2)cc1. The number of ether oxygens (including phenoxy) is 1. The normalized spacial score (nSPS) is 10.3. The summed E-state index contributed by atoms with van der Waals surface area (Å²) in [7, 11) is 1.51. The van der Waals surface area contributed by atoms with Crippen LogP contribution in [-0.2, 0) is 9.59 Å². The van der Waals surface area contributed by atoms with E-state index in [0.29, 0.717) is 11.4 Å². The van der Waals surface area contributed by atoms with Gasteiger partial charge in [-0.1, -0.05) is 48.5 Å². The number of carbonyl (C=O) groups excluding carboxylic acids is 2. The summed E-state index contributed by atoms with van der Waals surface area (Å²) >= 11 is 0. The second-order valence-electron chi connectivity index (χ2n) is 6.49. The Morgan fingerprint density at radius 2 is 1.62 bits per heavy atom. The van der Waals surface area contributed by atoms with Gasteiger partial charge in [0.25, 0.3) is 5.91 Å². The summed E-state index contributed by atoms with van der Waals surface area (Å²) < 4.78 is 18.7. The molecule has 6 heteroatoms. The van der Waals surface area contributed by atoms with Gasteiger partial charge < -0.3 is 15.0 Å². The fraction of sp³-hybridized carbons (Fsp3) is 0.130. The molecule has 0 heterocycles. The zero-order chi connectivity index (χ0) is 20.6. The van der Waals surface area contributed by atoms with E-state index in [1.807, 2.05) is 42.5 Å². The topological polar surface area (TPSA) is 58.6 Å². The molecule has 2 amide bonds. The first kappa shape index (κ1) is 20.1. The van der Waals surface area contributed by atoms with E-state index in [0.717, 1.165) is 11.1 Å². The molecule has 0 saturated carbocycles. The highest BCUT2D eigenvalue weighted by molar-refractivity contribution is 5.94. The van der Waals surface area contributed by atoms with Gasteiger partial charge in [0, 0.05) is 12.7 Å². The minimum atomic E-state index is -0.445. The number of hydrogen-bond donors (Lipinski definition) is 1. The van der Waals surface area contributed by atoms with Crippen molar-refractivity contribution in [1.82, 2.24) is 4.90 Å². The maximum Gasteiger partial charge on any atom is 0.260 e. The molecule has 0 bridgehead atoms. The molecule has 148 valence electrons. The number of anilines is 1. The molecule has 0 aromatic heterocycles. The largest absolute Gasteiger partial charge is 0.484 e. The molecular weight excluding hydrogens is 371 g/mol. The Labute approximate surface area is 168 Å². The van der Waals surface area contributed by atoms with Crippen LogP contribution in [0, 0.1) is 5.82 Å². The smallest absolute Gasteiger partial charge is 0.260 e. The van der Waals surface area contributed by atoms with Crippen molar-refractivity contribution in [2.45, 2.75) is 0 Å². The van der Waals surface area contributed by atoms with Gasteiger partial charge >= 0.3 is 0 Å². The van der Waals surface area contributed by atoms with Crippen molar-refractivity contribution in [3.05, 3.63) is 84.7 Å². The standard InChI is InChI=1S/C23H21FN2O3/c1-26(15-22(27)25-20-9-5-8-19(24)14-20)23(28)16-29-21-12-10-18(11-13-21)17-6-3-2-4-7-17/h2-14H,15-16H2,1H3,(H,25,27). The Bertz CT molecular complexity index is 975. The summed E-state index contributed by atoms with van der Waals surface area (Å²) in [5.74, 6) is -0.639. The van der Waals surface area contributed by atoms with E-state index in [1.165, 1.54) is 30.1 Å². The van der Waals surface area contributed by atoms with Crippen LogP contribution >= 0.6 is 0 Å². The second kappa shape index (κ2) is 9.50. The lowest BCUT2D eigenvalue weighted by Crippen LogP contribution is -2.37. The first-order chi connectivity index (χ1) is 14.0. The lowest BCUT2D eigenvalue weighted by atomic mass is 10.1. The first-order valence-corrected chi connectivity index (χ1v) is 9.09. The number of benzene rings is 3. The van der Waals surface area contributed by atoms with Gasteiger partial charge in [-0.2, -0.15) is 0 Å². The molecule has 0 aliphatic heterocycles. The lowest BCUT2D eigenvalue weighted by molar-refractivity contribution is -0.135. The molecule has 3 rings (SSSR count). The van der Waals surface area contributed by atoms with E-state index in [9.17, 15) is 14.0 Å². The van der Waals surface area contributed by atoms with Gasteiger partial charge in [-0.3, -0.25) is 9.59 Å². The van der Waals surface area contributed by atoms with Gasteiger partial charge in [0.15, 0.2) is 6.61 Å². The van der Waals surface area contributed by atoms with Crippen molar-refractivity contribution < 1.29 is 18.7 Å². The molecular formula is C23H21FN2O3. The van der Waals surface area contributed by atoms with Gasteiger partial charge in [0.1, 0.15) is 11.6 Å². The number of rotatable bonds is 7. The summed E-state index contributed by atoms with van der Waals surface area (Å²) in [5, 5.41) is 2.55. The van der Waals surface area contributed by atoms with Crippen LogP contribution in [-0.4, -0.2) is 36.9 Å². The number of likely N-dealkylation sites (N-methyl/N-ethyl adjacent to an activating group) is 1. The van der Waals surface area contributed by atoms with Crippen molar-refractivity contribution in [1.29, 1.82) is 0 Å². The van der Waals surface area contributed by atoms with E-state index < -0.39 is 11.7 Å². The van der Waals surface area contributed by atoms with E-state index in [4.69, 9.17) is 4.74 Å². The van der Waals surface area contributed by atoms with Gasteiger partial charge in [-0.15, -0.1) is 0 Å². The number of halogens is 1. The van der Waals surface area contributed by atoms with Crippen LogP contribution in [0.1, 0.15) is 0 Å². The highest BCUT2D eigenvalue weighted by Gasteiger charge is 2.14. The zero-order valence-electron chi connectivity index (χ0n) is 16.0. The summed E-state index contributed by atoms with van der Waals surface area (Å²) in [6.45, 7) is -0.347. The van der Waals surface area contributed by atoms with Crippen molar-refractivity contribution in [3.63, 3.8) is 0 Å². The Morgan fingerprint density at radius 1 is 0.931 bits per heavy atom. The maximum atomic E-state index is 13.2. The average Bonchev–Trinajstić information content (AvgIpc) is 2.73.